The lowest BCUT2D eigenvalue weighted by Gasteiger charge is -2.34. The summed E-state index contributed by atoms with van der Waals surface area (Å²) < 4.78 is 47.1. The minimum atomic E-state index is -4.10. The molecular weight excluding hydrogens is 421 g/mol. The fraction of sp³-hybridized carbons (Fsp3) is 0.435. The van der Waals surface area contributed by atoms with Crippen molar-refractivity contribution in [3.8, 4) is 0 Å². The second-order valence-corrected chi connectivity index (χ2v) is 8.16. The highest BCUT2D eigenvalue weighted by Crippen LogP contribution is 2.35. The number of methoxy groups -OCH3 is 1. The van der Waals surface area contributed by atoms with E-state index in [9.17, 15) is 18.0 Å². The number of ether oxygens (including phenoxy) is 1. The molecule has 1 aromatic heterocycles. The van der Waals surface area contributed by atoms with Crippen molar-refractivity contribution in [3.05, 3.63) is 52.9 Å². The zero-order valence-electron chi connectivity index (χ0n) is 18.2. The number of piperidine rings is 1. The number of hydrogen-bond acceptors (Lipinski definition) is 4. The minimum absolute atomic E-state index is 0.0900. The van der Waals surface area contributed by atoms with Gasteiger partial charge in [0.2, 0.25) is 0 Å². The van der Waals surface area contributed by atoms with E-state index in [0.717, 1.165) is 28.1 Å². The van der Waals surface area contributed by atoms with E-state index in [1.54, 1.807) is 23.3 Å². The second-order valence-electron chi connectivity index (χ2n) is 8.16. The van der Waals surface area contributed by atoms with Crippen LogP contribution in [0.3, 0.4) is 0 Å². The van der Waals surface area contributed by atoms with Gasteiger partial charge in [0, 0.05) is 44.3 Å². The lowest BCUT2D eigenvalue weighted by atomic mass is 9.96. The zero-order valence-corrected chi connectivity index (χ0v) is 18.2. The van der Waals surface area contributed by atoms with E-state index in [4.69, 9.17) is 4.74 Å². The van der Waals surface area contributed by atoms with Crippen LogP contribution >= 0.6 is 0 Å². The molecule has 3 aromatic rings. The molecule has 1 aliphatic heterocycles. The molecule has 6 nitrogen and oxygen atoms in total. The lowest BCUT2D eigenvalue weighted by molar-refractivity contribution is -0.179. The Hall–Kier alpha value is -2.94. The molecule has 0 radical (unpaired) electrons. The van der Waals surface area contributed by atoms with Crippen molar-refractivity contribution in [2.75, 3.05) is 37.0 Å². The molecule has 0 amide bonds. The van der Waals surface area contributed by atoms with Crippen molar-refractivity contribution in [2.45, 2.75) is 25.6 Å². The number of nitrogens with zero attached hydrogens (tertiary/aromatic N) is 3. The van der Waals surface area contributed by atoms with Crippen LogP contribution in [0.5, 0.6) is 0 Å². The van der Waals surface area contributed by atoms with Gasteiger partial charge in [-0.25, -0.2) is 4.79 Å². The first-order valence-electron chi connectivity index (χ1n) is 10.6. The van der Waals surface area contributed by atoms with Gasteiger partial charge in [-0.15, -0.1) is 0 Å². The first-order chi connectivity index (χ1) is 15.3. The Labute approximate surface area is 184 Å². The van der Waals surface area contributed by atoms with Crippen molar-refractivity contribution in [3.63, 3.8) is 0 Å². The fourth-order valence-corrected chi connectivity index (χ4v) is 4.27. The van der Waals surface area contributed by atoms with Gasteiger partial charge in [-0.3, -0.25) is 9.13 Å². The maximum atomic E-state index is 12.9. The third-order valence-electron chi connectivity index (χ3n) is 6.14. The summed E-state index contributed by atoms with van der Waals surface area (Å²) in [6.07, 6.45) is -3.84. The average molecular weight is 448 g/mol. The molecule has 0 spiro atoms. The molecule has 2 aromatic carbocycles. The zero-order chi connectivity index (χ0) is 22.9. The largest absolute Gasteiger partial charge is 0.391 e. The Kier molecular flexibility index (Phi) is 6.19. The third kappa shape index (κ3) is 4.48. The standard InChI is InChI=1S/C23H27F3N4O2/c1-28-20-8-5-18(15-21(20)30(22(28)31)13-14-32-2)27-17-3-6-19(7-4-17)29-11-9-16(10-12-29)23(24,25)26/h3-8,15-16,27H,9-14H2,1-2H3. The van der Waals surface area contributed by atoms with Crippen molar-refractivity contribution in [1.29, 1.82) is 0 Å². The molecule has 172 valence electrons. The maximum Gasteiger partial charge on any atom is 0.391 e. The molecule has 0 atom stereocenters. The van der Waals surface area contributed by atoms with Gasteiger partial charge >= 0.3 is 11.9 Å². The molecule has 1 saturated heterocycles. The molecule has 2 heterocycles. The van der Waals surface area contributed by atoms with E-state index in [-0.39, 0.29) is 18.5 Å². The Morgan fingerprint density at radius 3 is 2.31 bits per heavy atom. The van der Waals surface area contributed by atoms with Crippen LogP contribution in [0.15, 0.2) is 47.3 Å². The second kappa shape index (κ2) is 8.90. The smallest absolute Gasteiger partial charge is 0.383 e. The summed E-state index contributed by atoms with van der Waals surface area (Å²) in [6.45, 7) is 1.72. The van der Waals surface area contributed by atoms with Crippen LogP contribution in [-0.2, 0) is 18.3 Å². The summed E-state index contributed by atoms with van der Waals surface area (Å²) in [5, 5.41) is 3.34. The number of alkyl halides is 3. The number of rotatable bonds is 6. The summed E-state index contributed by atoms with van der Waals surface area (Å²) >= 11 is 0. The number of halogens is 3. The molecule has 1 fully saturated rings. The summed E-state index contributed by atoms with van der Waals surface area (Å²) in [4.78, 5) is 14.5. The van der Waals surface area contributed by atoms with E-state index in [2.05, 4.69) is 5.32 Å². The van der Waals surface area contributed by atoms with Gasteiger partial charge in [-0.05, 0) is 55.3 Å². The molecule has 0 unspecified atom stereocenters. The monoisotopic (exact) mass is 448 g/mol. The van der Waals surface area contributed by atoms with E-state index in [0.29, 0.717) is 26.2 Å². The third-order valence-corrected chi connectivity index (χ3v) is 6.14. The minimum Gasteiger partial charge on any atom is -0.383 e. The van der Waals surface area contributed by atoms with Crippen molar-refractivity contribution < 1.29 is 17.9 Å². The van der Waals surface area contributed by atoms with Gasteiger partial charge in [0.1, 0.15) is 0 Å². The number of imidazole rings is 1. The van der Waals surface area contributed by atoms with Gasteiger partial charge in [-0.2, -0.15) is 13.2 Å². The molecule has 9 heteroatoms. The van der Waals surface area contributed by atoms with Crippen molar-refractivity contribution in [1.82, 2.24) is 9.13 Å². The first-order valence-corrected chi connectivity index (χ1v) is 10.6. The van der Waals surface area contributed by atoms with Crippen LogP contribution in [0.1, 0.15) is 12.8 Å². The van der Waals surface area contributed by atoms with Gasteiger partial charge in [0.25, 0.3) is 0 Å². The molecule has 0 aliphatic carbocycles. The number of hydrogen-bond donors (Lipinski definition) is 1. The van der Waals surface area contributed by atoms with E-state index in [1.807, 2.05) is 47.4 Å². The van der Waals surface area contributed by atoms with Crippen LogP contribution in [0.2, 0.25) is 0 Å². The van der Waals surface area contributed by atoms with E-state index in [1.165, 1.54) is 0 Å². The highest BCUT2D eigenvalue weighted by atomic mass is 19.4. The number of aryl methyl sites for hydroxylation is 1. The molecular formula is C23H27F3N4O2. The molecule has 1 aliphatic rings. The topological polar surface area (TPSA) is 51.4 Å². The number of benzene rings is 2. The molecule has 4 rings (SSSR count). The Morgan fingerprint density at radius 1 is 1.03 bits per heavy atom. The van der Waals surface area contributed by atoms with Gasteiger partial charge in [-0.1, -0.05) is 0 Å². The summed E-state index contributed by atoms with van der Waals surface area (Å²) in [5.74, 6) is -1.20. The lowest BCUT2D eigenvalue weighted by Crippen LogP contribution is -2.38. The van der Waals surface area contributed by atoms with Gasteiger partial charge in [0.15, 0.2) is 0 Å². The Balaban J connectivity index is 1.47. The van der Waals surface area contributed by atoms with Crippen LogP contribution < -0.4 is 15.9 Å². The quantitative estimate of drug-likeness (QED) is 0.603. The van der Waals surface area contributed by atoms with E-state index < -0.39 is 12.1 Å². The Morgan fingerprint density at radius 2 is 1.69 bits per heavy atom. The fourth-order valence-electron chi connectivity index (χ4n) is 4.27. The van der Waals surface area contributed by atoms with Crippen LogP contribution in [0.4, 0.5) is 30.2 Å². The average Bonchev–Trinajstić information content (AvgIpc) is 3.01. The van der Waals surface area contributed by atoms with Crippen LogP contribution in [-0.4, -0.2) is 42.1 Å². The molecule has 1 N–H and O–H groups in total. The SMILES string of the molecule is COCCn1c(=O)n(C)c2ccc(Nc3ccc(N4CCC(C(F)(F)F)CC4)cc3)cc21. The highest BCUT2D eigenvalue weighted by Gasteiger charge is 2.41. The normalized spacial score (nSPS) is 15.5. The number of fused-ring (bicyclic) bond motifs is 1. The highest BCUT2D eigenvalue weighted by molar-refractivity contribution is 5.81. The molecule has 32 heavy (non-hydrogen) atoms. The van der Waals surface area contributed by atoms with Gasteiger partial charge < -0.3 is 15.0 Å². The predicted octanol–water partition coefficient (Wildman–Crippen LogP) is 4.51. The number of anilines is 3. The predicted molar refractivity (Wildman–Crippen MR) is 120 cm³/mol. The van der Waals surface area contributed by atoms with Crippen LogP contribution in [0.25, 0.3) is 11.0 Å². The Bertz CT molecular complexity index is 1130. The van der Waals surface area contributed by atoms with Crippen molar-refractivity contribution >= 4 is 28.1 Å². The molecule has 0 bridgehead atoms. The summed E-state index contributed by atoms with van der Waals surface area (Å²) in [5.41, 5.74) is 4.20. The number of aromatic nitrogens is 2. The van der Waals surface area contributed by atoms with Crippen LogP contribution in [0, 0.1) is 5.92 Å². The maximum absolute atomic E-state index is 12.9. The number of nitrogens with one attached hydrogen (secondary N) is 1. The van der Waals surface area contributed by atoms with Gasteiger partial charge in [0.05, 0.1) is 30.1 Å². The molecule has 0 saturated carbocycles. The first kappa shape index (κ1) is 22.3. The summed E-state index contributed by atoms with van der Waals surface area (Å²) in [6, 6.07) is 13.4. The van der Waals surface area contributed by atoms with E-state index >= 15 is 0 Å². The van der Waals surface area contributed by atoms with Crippen molar-refractivity contribution in [2.24, 2.45) is 13.0 Å². The summed E-state index contributed by atoms with van der Waals surface area (Å²) in [7, 11) is 3.35.